The lowest BCUT2D eigenvalue weighted by atomic mass is 9.95. The monoisotopic (exact) mass is 514 g/mol. The number of carbonyl (C=O) groups excluding carboxylic acids is 1. The average molecular weight is 516 g/mol. The predicted octanol–water partition coefficient (Wildman–Crippen LogP) is 6.02. The van der Waals surface area contributed by atoms with E-state index >= 15 is 0 Å². The van der Waals surface area contributed by atoms with E-state index in [0.717, 1.165) is 54.0 Å². The first-order valence-corrected chi connectivity index (χ1v) is 12.5. The first-order chi connectivity index (χ1) is 14.0. The van der Waals surface area contributed by atoms with Crippen molar-refractivity contribution in [2.24, 2.45) is 5.92 Å². The Kier molecular flexibility index (Phi) is 9.19. The molecule has 1 aliphatic heterocycles. The van der Waals surface area contributed by atoms with Gasteiger partial charge >= 0.3 is 0 Å². The van der Waals surface area contributed by atoms with E-state index in [0.29, 0.717) is 16.6 Å². The minimum absolute atomic E-state index is 0.133. The molecule has 0 bridgehead atoms. The molecule has 0 unspecified atom stereocenters. The van der Waals surface area contributed by atoms with Gasteiger partial charge in [-0.15, -0.1) is 0 Å². The van der Waals surface area contributed by atoms with Gasteiger partial charge in [0.2, 0.25) is 5.91 Å². The Balaban J connectivity index is 1.31. The second-order valence-electron chi connectivity index (χ2n) is 7.27. The molecule has 0 spiro atoms. The van der Waals surface area contributed by atoms with Crippen molar-refractivity contribution in [2.75, 3.05) is 25.4 Å². The van der Waals surface area contributed by atoms with Gasteiger partial charge in [-0.2, -0.15) is 11.8 Å². The number of likely N-dealkylation sites (tertiary alicyclic amines) is 1. The highest BCUT2D eigenvalue weighted by molar-refractivity contribution is 9.10. The lowest BCUT2D eigenvalue weighted by Gasteiger charge is -2.31. The molecule has 0 aromatic heterocycles. The summed E-state index contributed by atoms with van der Waals surface area (Å²) in [5.41, 5.74) is 2.45. The van der Waals surface area contributed by atoms with Crippen molar-refractivity contribution >= 4 is 56.8 Å². The molecule has 1 saturated heterocycles. The van der Waals surface area contributed by atoms with Crippen LogP contribution in [0.25, 0.3) is 0 Å². The molecule has 2 aromatic carbocycles. The first kappa shape index (κ1) is 23.0. The second-order valence-corrected chi connectivity index (χ2v) is 10.1. The Morgan fingerprint density at radius 1 is 1.10 bits per heavy atom. The summed E-state index contributed by atoms with van der Waals surface area (Å²) >= 11 is 17.3. The molecule has 2 aromatic rings. The van der Waals surface area contributed by atoms with E-state index in [1.165, 1.54) is 5.56 Å². The molecule has 1 N–H and O–H groups in total. The van der Waals surface area contributed by atoms with Crippen LogP contribution in [0.4, 0.5) is 0 Å². The summed E-state index contributed by atoms with van der Waals surface area (Å²) in [6, 6.07) is 14.1. The van der Waals surface area contributed by atoms with Gasteiger partial charge in [0.15, 0.2) is 0 Å². The van der Waals surface area contributed by atoms with Crippen LogP contribution in [-0.2, 0) is 17.1 Å². The summed E-state index contributed by atoms with van der Waals surface area (Å²) < 4.78 is 1.11. The molecule has 3 nitrogen and oxygen atoms in total. The Morgan fingerprint density at radius 2 is 1.90 bits per heavy atom. The van der Waals surface area contributed by atoms with Gasteiger partial charge in [0.05, 0.1) is 10.0 Å². The third-order valence-corrected chi connectivity index (χ3v) is 7.31. The molecule has 0 radical (unpaired) electrons. The lowest BCUT2D eigenvalue weighted by Crippen LogP contribution is -2.40. The van der Waals surface area contributed by atoms with Gasteiger partial charge in [0.25, 0.3) is 0 Å². The highest BCUT2D eigenvalue weighted by Crippen LogP contribution is 2.25. The largest absolute Gasteiger partial charge is 0.355 e. The van der Waals surface area contributed by atoms with Crippen molar-refractivity contribution < 1.29 is 4.79 Å². The fraction of sp³-hybridized carbons (Fsp3) is 0.409. The molecule has 1 aliphatic rings. The number of piperidine rings is 1. The summed E-state index contributed by atoms with van der Waals surface area (Å²) in [6.07, 6.45) is 1.85. The third kappa shape index (κ3) is 7.48. The van der Waals surface area contributed by atoms with E-state index in [2.05, 4.69) is 44.3 Å². The zero-order chi connectivity index (χ0) is 20.6. The Morgan fingerprint density at radius 3 is 2.62 bits per heavy atom. The molecule has 0 atom stereocenters. The number of hydrogen-bond donors (Lipinski definition) is 1. The van der Waals surface area contributed by atoms with Crippen molar-refractivity contribution in [3.8, 4) is 0 Å². The highest BCUT2D eigenvalue weighted by Gasteiger charge is 2.24. The number of halogens is 3. The van der Waals surface area contributed by atoms with Crippen LogP contribution in [0.2, 0.25) is 10.0 Å². The van der Waals surface area contributed by atoms with E-state index < -0.39 is 0 Å². The van der Waals surface area contributed by atoms with Crippen LogP contribution in [0.15, 0.2) is 46.9 Å². The number of nitrogens with zero attached hydrogens (tertiary/aromatic N) is 1. The molecule has 7 heteroatoms. The van der Waals surface area contributed by atoms with Crippen LogP contribution in [0.5, 0.6) is 0 Å². The van der Waals surface area contributed by atoms with Gasteiger partial charge in [0, 0.05) is 35.0 Å². The molecule has 1 heterocycles. The number of amides is 1. The summed E-state index contributed by atoms with van der Waals surface area (Å²) in [4.78, 5) is 14.9. The van der Waals surface area contributed by atoms with Crippen LogP contribution in [0.1, 0.15) is 24.0 Å². The fourth-order valence-corrected chi connectivity index (χ4v) is 5.03. The van der Waals surface area contributed by atoms with Crippen molar-refractivity contribution in [3.63, 3.8) is 0 Å². The van der Waals surface area contributed by atoms with Crippen molar-refractivity contribution in [1.29, 1.82) is 0 Å². The molecule has 1 fully saturated rings. The normalized spacial score (nSPS) is 15.4. The molecular formula is C22H25BrCl2N2OS. The quantitative estimate of drug-likeness (QED) is 0.436. The van der Waals surface area contributed by atoms with Gasteiger partial charge in [-0.3, -0.25) is 9.69 Å². The number of nitrogens with one attached hydrogen (secondary N) is 1. The minimum atomic E-state index is 0.133. The molecule has 0 aliphatic carbocycles. The molecule has 1 amide bonds. The van der Waals surface area contributed by atoms with Gasteiger partial charge in [-0.05, 0) is 61.3 Å². The Hall–Kier alpha value is -0.720. The van der Waals surface area contributed by atoms with Crippen molar-refractivity contribution in [1.82, 2.24) is 10.2 Å². The third-order valence-electron chi connectivity index (χ3n) is 5.05. The van der Waals surface area contributed by atoms with Gasteiger partial charge in [0.1, 0.15) is 0 Å². The van der Waals surface area contributed by atoms with Crippen LogP contribution >= 0.6 is 50.9 Å². The van der Waals surface area contributed by atoms with Gasteiger partial charge in [-0.1, -0.05) is 57.3 Å². The van der Waals surface area contributed by atoms with Gasteiger partial charge < -0.3 is 5.32 Å². The topological polar surface area (TPSA) is 32.3 Å². The Labute approximate surface area is 195 Å². The smallest absolute Gasteiger partial charge is 0.223 e. The van der Waals surface area contributed by atoms with E-state index in [1.807, 2.05) is 24.3 Å². The lowest BCUT2D eigenvalue weighted by molar-refractivity contribution is -0.126. The average Bonchev–Trinajstić information content (AvgIpc) is 2.71. The summed E-state index contributed by atoms with van der Waals surface area (Å²) in [5, 5.41) is 4.27. The second kappa shape index (κ2) is 11.6. The SMILES string of the molecule is O=C(NCCSCc1ccc(Cl)c(Cl)c1)C1CCN(Cc2cccc(Br)c2)CC1. The maximum absolute atomic E-state index is 12.4. The summed E-state index contributed by atoms with van der Waals surface area (Å²) in [5.74, 6) is 2.07. The molecule has 29 heavy (non-hydrogen) atoms. The summed E-state index contributed by atoms with van der Waals surface area (Å²) in [6.45, 7) is 3.58. The predicted molar refractivity (Wildman–Crippen MR) is 128 cm³/mol. The number of rotatable bonds is 8. The Bertz CT molecular complexity index is 828. The molecular weight excluding hydrogens is 491 g/mol. The van der Waals surface area contributed by atoms with E-state index in [-0.39, 0.29) is 11.8 Å². The maximum atomic E-state index is 12.4. The zero-order valence-electron chi connectivity index (χ0n) is 16.2. The van der Waals surface area contributed by atoms with Crippen LogP contribution in [-0.4, -0.2) is 36.2 Å². The number of benzene rings is 2. The van der Waals surface area contributed by atoms with E-state index in [9.17, 15) is 4.79 Å². The minimum Gasteiger partial charge on any atom is -0.355 e. The van der Waals surface area contributed by atoms with Gasteiger partial charge in [-0.25, -0.2) is 0 Å². The maximum Gasteiger partial charge on any atom is 0.223 e. The summed E-state index contributed by atoms with van der Waals surface area (Å²) in [7, 11) is 0. The van der Waals surface area contributed by atoms with Crippen molar-refractivity contribution in [2.45, 2.75) is 25.1 Å². The fourth-order valence-electron chi connectivity index (χ4n) is 3.46. The van der Waals surface area contributed by atoms with E-state index in [1.54, 1.807) is 11.8 Å². The van der Waals surface area contributed by atoms with Crippen molar-refractivity contribution in [3.05, 3.63) is 68.1 Å². The van der Waals surface area contributed by atoms with E-state index in [4.69, 9.17) is 23.2 Å². The zero-order valence-corrected chi connectivity index (χ0v) is 20.1. The van der Waals surface area contributed by atoms with Crippen LogP contribution in [0.3, 0.4) is 0 Å². The molecule has 156 valence electrons. The number of carbonyl (C=O) groups is 1. The van der Waals surface area contributed by atoms with Crippen LogP contribution in [0, 0.1) is 5.92 Å². The number of hydrogen-bond acceptors (Lipinski definition) is 3. The number of thioether (sulfide) groups is 1. The highest BCUT2D eigenvalue weighted by atomic mass is 79.9. The van der Waals surface area contributed by atoms with Crippen LogP contribution < -0.4 is 5.32 Å². The molecule has 0 saturated carbocycles. The molecule has 3 rings (SSSR count). The standard InChI is InChI=1S/C22H25BrCl2N2OS/c23-19-3-1-2-16(12-19)14-27-9-6-18(7-10-27)22(28)26-8-11-29-15-17-4-5-20(24)21(25)13-17/h1-5,12-13,18H,6-11,14-15H2,(H,26,28). The first-order valence-electron chi connectivity index (χ1n) is 9.77.